The van der Waals surface area contributed by atoms with Crippen LogP contribution in [0.1, 0.15) is 12.5 Å². The summed E-state index contributed by atoms with van der Waals surface area (Å²) < 4.78 is 15.9. The molecular formula is C22H22N2O6S. The molecule has 0 radical (unpaired) electrons. The number of ether oxygens (including phenoxy) is 3. The quantitative estimate of drug-likeness (QED) is 0.652. The zero-order chi connectivity index (χ0) is 22.5. The van der Waals surface area contributed by atoms with E-state index < -0.39 is 12.1 Å². The smallest absolute Gasteiger partial charge is 0.344 e. The molecular weight excluding hydrogens is 420 g/mol. The number of nitrogens with zero attached hydrogens (tertiary/aromatic N) is 2. The van der Waals surface area contributed by atoms with Gasteiger partial charge in [0.15, 0.2) is 22.8 Å². The molecule has 1 saturated heterocycles. The average Bonchev–Trinajstić information content (AvgIpc) is 3.02. The fourth-order valence-electron chi connectivity index (χ4n) is 2.68. The monoisotopic (exact) mass is 442 g/mol. The van der Waals surface area contributed by atoms with Crippen molar-refractivity contribution in [3.8, 4) is 17.2 Å². The first-order chi connectivity index (χ1) is 14.8. The molecule has 162 valence electrons. The summed E-state index contributed by atoms with van der Waals surface area (Å²) in [7, 11) is 4.73. The molecule has 31 heavy (non-hydrogen) atoms. The Morgan fingerprint density at radius 1 is 1.13 bits per heavy atom. The minimum Gasteiger partial charge on any atom is -0.497 e. The lowest BCUT2D eigenvalue weighted by atomic mass is 10.2. The van der Waals surface area contributed by atoms with E-state index in [1.165, 1.54) is 30.7 Å². The number of rotatable bonds is 7. The topological polar surface area (TPSA) is 97.7 Å². The minimum atomic E-state index is -1.08. The molecule has 0 aromatic heterocycles. The van der Waals surface area contributed by atoms with Crippen LogP contribution in [0, 0.1) is 0 Å². The van der Waals surface area contributed by atoms with E-state index in [0.29, 0.717) is 32.8 Å². The van der Waals surface area contributed by atoms with Crippen LogP contribution in [0.3, 0.4) is 0 Å². The van der Waals surface area contributed by atoms with Crippen LogP contribution in [0.2, 0.25) is 0 Å². The zero-order valence-corrected chi connectivity index (χ0v) is 18.3. The molecule has 2 aromatic rings. The van der Waals surface area contributed by atoms with Crippen molar-refractivity contribution in [1.82, 2.24) is 4.90 Å². The number of amidine groups is 1. The lowest BCUT2D eigenvalue weighted by Gasteiger charge is -2.14. The van der Waals surface area contributed by atoms with Gasteiger partial charge in [0.1, 0.15) is 5.75 Å². The van der Waals surface area contributed by atoms with Gasteiger partial charge in [-0.15, -0.1) is 0 Å². The Kier molecular flexibility index (Phi) is 6.86. The number of carbonyl (C=O) groups is 2. The van der Waals surface area contributed by atoms with E-state index in [2.05, 4.69) is 4.99 Å². The molecule has 1 fully saturated rings. The predicted octanol–water partition coefficient (Wildman–Crippen LogP) is 3.79. The van der Waals surface area contributed by atoms with Crippen molar-refractivity contribution in [2.45, 2.75) is 13.0 Å². The Morgan fingerprint density at radius 3 is 2.45 bits per heavy atom. The highest BCUT2D eigenvalue weighted by Crippen LogP contribution is 2.35. The van der Waals surface area contributed by atoms with Crippen molar-refractivity contribution in [1.29, 1.82) is 0 Å². The third-order valence-corrected chi connectivity index (χ3v) is 5.50. The number of carbonyl (C=O) groups excluding carboxylic acids is 1. The van der Waals surface area contributed by atoms with Gasteiger partial charge >= 0.3 is 5.97 Å². The number of hydrogen-bond donors (Lipinski definition) is 1. The van der Waals surface area contributed by atoms with E-state index >= 15 is 0 Å². The Hall–Kier alpha value is -3.46. The molecule has 1 N–H and O–H groups in total. The molecule has 1 amide bonds. The van der Waals surface area contributed by atoms with Crippen LogP contribution in [-0.2, 0) is 9.59 Å². The SMILES string of the molecule is COc1ccc(N=C2SC(=Cc3ccc(OC(C)C(=O)O)c(OC)c3)C(=O)N2C)cc1. The van der Waals surface area contributed by atoms with Gasteiger partial charge in [0.25, 0.3) is 5.91 Å². The summed E-state index contributed by atoms with van der Waals surface area (Å²) in [6, 6.07) is 12.3. The first-order valence-electron chi connectivity index (χ1n) is 9.30. The number of carboxylic acids is 1. The first kappa shape index (κ1) is 22.2. The van der Waals surface area contributed by atoms with Gasteiger partial charge in [0.05, 0.1) is 24.8 Å². The van der Waals surface area contributed by atoms with Crippen LogP contribution in [-0.4, -0.2) is 54.4 Å². The van der Waals surface area contributed by atoms with Crippen molar-refractivity contribution < 1.29 is 28.9 Å². The summed E-state index contributed by atoms with van der Waals surface area (Å²) >= 11 is 1.27. The Bertz CT molecular complexity index is 1050. The number of likely N-dealkylation sites (N-methyl/N-ethyl adjacent to an activating group) is 1. The molecule has 1 aliphatic heterocycles. The first-order valence-corrected chi connectivity index (χ1v) is 10.1. The van der Waals surface area contributed by atoms with E-state index in [1.807, 2.05) is 12.1 Å². The summed E-state index contributed by atoms with van der Waals surface area (Å²) in [5.41, 5.74) is 1.42. The molecule has 3 rings (SSSR count). The van der Waals surface area contributed by atoms with Gasteiger partial charge < -0.3 is 19.3 Å². The Balaban J connectivity index is 1.83. The van der Waals surface area contributed by atoms with Crippen LogP contribution in [0.5, 0.6) is 17.2 Å². The van der Waals surface area contributed by atoms with E-state index in [9.17, 15) is 9.59 Å². The maximum absolute atomic E-state index is 12.7. The second-order valence-corrected chi connectivity index (χ2v) is 7.58. The maximum atomic E-state index is 12.7. The average molecular weight is 442 g/mol. The van der Waals surface area contributed by atoms with Gasteiger partial charge in [-0.25, -0.2) is 9.79 Å². The molecule has 0 spiro atoms. The lowest BCUT2D eigenvalue weighted by Crippen LogP contribution is -2.23. The highest BCUT2D eigenvalue weighted by atomic mass is 32.2. The van der Waals surface area contributed by atoms with E-state index in [-0.39, 0.29) is 5.91 Å². The van der Waals surface area contributed by atoms with Crippen LogP contribution in [0.15, 0.2) is 52.4 Å². The standard InChI is InChI=1S/C22H22N2O6S/c1-13(21(26)27)30-17-10-5-14(11-18(17)29-4)12-19-20(25)24(2)22(31-19)23-15-6-8-16(28-3)9-7-15/h5-13H,1-4H3,(H,26,27). The summed E-state index contributed by atoms with van der Waals surface area (Å²) in [5.74, 6) is 0.165. The van der Waals surface area contributed by atoms with Crippen molar-refractivity contribution in [3.05, 3.63) is 52.9 Å². The molecule has 0 aliphatic carbocycles. The normalized spacial score (nSPS) is 17.2. The summed E-state index contributed by atoms with van der Waals surface area (Å²) in [5, 5.41) is 9.58. The van der Waals surface area contributed by atoms with Crippen LogP contribution >= 0.6 is 11.8 Å². The van der Waals surface area contributed by atoms with Crippen LogP contribution < -0.4 is 14.2 Å². The predicted molar refractivity (Wildman–Crippen MR) is 119 cm³/mol. The van der Waals surface area contributed by atoms with E-state index in [0.717, 1.165) is 5.75 Å². The number of hydrogen-bond acceptors (Lipinski definition) is 7. The number of aliphatic imine (C=N–C) groups is 1. The highest BCUT2D eigenvalue weighted by molar-refractivity contribution is 8.18. The second-order valence-electron chi connectivity index (χ2n) is 6.58. The highest BCUT2D eigenvalue weighted by Gasteiger charge is 2.30. The van der Waals surface area contributed by atoms with Crippen molar-refractivity contribution in [3.63, 3.8) is 0 Å². The van der Waals surface area contributed by atoms with Gasteiger partial charge in [-0.2, -0.15) is 0 Å². The number of methoxy groups -OCH3 is 2. The van der Waals surface area contributed by atoms with Gasteiger partial charge in [0.2, 0.25) is 0 Å². The van der Waals surface area contributed by atoms with Gasteiger partial charge in [0, 0.05) is 7.05 Å². The molecule has 0 saturated carbocycles. The lowest BCUT2D eigenvalue weighted by molar-refractivity contribution is -0.144. The number of amides is 1. The minimum absolute atomic E-state index is 0.170. The molecule has 1 aliphatic rings. The maximum Gasteiger partial charge on any atom is 0.344 e. The van der Waals surface area contributed by atoms with Crippen LogP contribution in [0.25, 0.3) is 6.08 Å². The third kappa shape index (κ3) is 5.18. The molecule has 2 aromatic carbocycles. The summed E-state index contributed by atoms with van der Waals surface area (Å²) in [6.07, 6.45) is 0.711. The van der Waals surface area contributed by atoms with E-state index in [4.69, 9.17) is 19.3 Å². The molecule has 9 heteroatoms. The van der Waals surface area contributed by atoms with Gasteiger partial charge in [-0.05, 0) is 66.7 Å². The molecule has 1 atom stereocenters. The van der Waals surface area contributed by atoms with Crippen molar-refractivity contribution in [2.24, 2.45) is 4.99 Å². The number of carboxylic acid groups (broad SMARTS) is 1. The second kappa shape index (κ2) is 9.57. The Morgan fingerprint density at radius 2 is 1.84 bits per heavy atom. The van der Waals surface area contributed by atoms with E-state index in [1.54, 1.807) is 50.6 Å². The van der Waals surface area contributed by atoms with Gasteiger partial charge in [-0.3, -0.25) is 9.69 Å². The molecule has 0 bridgehead atoms. The molecule has 8 nitrogen and oxygen atoms in total. The molecule has 1 unspecified atom stereocenters. The fourth-order valence-corrected chi connectivity index (χ4v) is 3.67. The number of thioether (sulfide) groups is 1. The fraction of sp³-hybridized carbons (Fsp3) is 0.227. The summed E-state index contributed by atoms with van der Waals surface area (Å²) in [6.45, 7) is 1.44. The number of aliphatic carboxylic acids is 1. The summed E-state index contributed by atoms with van der Waals surface area (Å²) in [4.78, 5) is 30.2. The van der Waals surface area contributed by atoms with Gasteiger partial charge in [-0.1, -0.05) is 6.07 Å². The molecule has 1 heterocycles. The largest absolute Gasteiger partial charge is 0.497 e. The third-order valence-electron chi connectivity index (χ3n) is 4.44. The number of benzene rings is 2. The van der Waals surface area contributed by atoms with Crippen molar-refractivity contribution >= 4 is 40.6 Å². The van der Waals surface area contributed by atoms with Crippen LogP contribution in [0.4, 0.5) is 5.69 Å². The van der Waals surface area contributed by atoms with Crippen molar-refractivity contribution in [2.75, 3.05) is 21.3 Å². The Labute approximate surface area is 184 Å². The zero-order valence-electron chi connectivity index (χ0n) is 17.5.